The number of aryl methyl sites for hydroxylation is 1. The molecular formula is C14H24Cl2N6O. The van der Waals surface area contributed by atoms with Gasteiger partial charge in [0.15, 0.2) is 5.82 Å². The van der Waals surface area contributed by atoms with Crippen LogP contribution in [0.2, 0.25) is 0 Å². The van der Waals surface area contributed by atoms with Crippen molar-refractivity contribution >= 4 is 24.8 Å². The van der Waals surface area contributed by atoms with Crippen molar-refractivity contribution in [1.82, 2.24) is 29.6 Å². The van der Waals surface area contributed by atoms with E-state index in [1.807, 2.05) is 18.5 Å². The zero-order valence-electron chi connectivity index (χ0n) is 13.5. The first kappa shape index (κ1) is 19.9. The molecule has 3 rings (SSSR count). The van der Waals surface area contributed by atoms with E-state index in [4.69, 9.17) is 9.72 Å². The zero-order valence-corrected chi connectivity index (χ0v) is 15.1. The van der Waals surface area contributed by atoms with Crippen molar-refractivity contribution in [3.8, 4) is 11.5 Å². The maximum atomic E-state index is 5.41. The van der Waals surface area contributed by atoms with Gasteiger partial charge in [-0.1, -0.05) is 0 Å². The normalized spacial score (nSPS) is 13.7. The maximum Gasteiger partial charge on any atom is 0.178 e. The first-order valence-corrected chi connectivity index (χ1v) is 7.54. The largest absolute Gasteiger partial charge is 0.380 e. The molecule has 9 heteroatoms. The number of hydrogen-bond acceptors (Lipinski definition) is 5. The van der Waals surface area contributed by atoms with Crippen molar-refractivity contribution < 1.29 is 4.74 Å². The van der Waals surface area contributed by atoms with Gasteiger partial charge in [-0.25, -0.2) is 14.6 Å². The molecule has 0 aliphatic carbocycles. The molecule has 1 aliphatic heterocycles. The fourth-order valence-corrected chi connectivity index (χ4v) is 2.58. The summed E-state index contributed by atoms with van der Waals surface area (Å²) in [5, 5.41) is 7.83. The third-order valence-electron chi connectivity index (χ3n) is 3.57. The molecule has 1 N–H and O–H groups in total. The molecule has 0 saturated carbocycles. The van der Waals surface area contributed by atoms with E-state index in [0.717, 1.165) is 55.8 Å². The van der Waals surface area contributed by atoms with E-state index in [-0.39, 0.29) is 24.8 Å². The van der Waals surface area contributed by atoms with Gasteiger partial charge in [0, 0.05) is 38.9 Å². The van der Waals surface area contributed by atoms with Crippen LogP contribution in [0.25, 0.3) is 11.5 Å². The highest BCUT2D eigenvalue weighted by atomic mass is 35.5. The Bertz CT molecular complexity index is 589. The average Bonchev–Trinajstić information content (AvgIpc) is 2.96. The number of hydrogen-bond donors (Lipinski definition) is 1. The van der Waals surface area contributed by atoms with Crippen molar-refractivity contribution in [1.29, 1.82) is 0 Å². The summed E-state index contributed by atoms with van der Waals surface area (Å²) in [6, 6.07) is 0. The quantitative estimate of drug-likeness (QED) is 0.815. The Hall–Kier alpha value is -1.15. The Morgan fingerprint density at radius 2 is 2.09 bits per heavy atom. The van der Waals surface area contributed by atoms with E-state index in [1.54, 1.807) is 0 Å². The van der Waals surface area contributed by atoms with Gasteiger partial charge in [0.2, 0.25) is 0 Å². The van der Waals surface area contributed by atoms with Gasteiger partial charge in [0.1, 0.15) is 17.3 Å². The Morgan fingerprint density at radius 3 is 2.87 bits per heavy atom. The number of nitrogens with zero attached hydrogens (tertiary/aromatic N) is 5. The first-order valence-electron chi connectivity index (χ1n) is 7.54. The Balaban J connectivity index is 0.00000132. The molecule has 0 unspecified atom stereocenters. The number of imidazole rings is 1. The van der Waals surface area contributed by atoms with Gasteiger partial charge in [-0.05, 0) is 13.8 Å². The van der Waals surface area contributed by atoms with Crippen molar-refractivity contribution in [2.45, 2.75) is 33.4 Å². The molecule has 130 valence electrons. The number of halogens is 2. The van der Waals surface area contributed by atoms with Crippen molar-refractivity contribution in [2.75, 3.05) is 26.3 Å². The van der Waals surface area contributed by atoms with Crippen LogP contribution in [0.5, 0.6) is 0 Å². The molecular weight excluding hydrogens is 339 g/mol. The minimum atomic E-state index is 0. The number of nitrogens with one attached hydrogen (secondary N) is 1. The Morgan fingerprint density at radius 1 is 1.26 bits per heavy atom. The predicted molar refractivity (Wildman–Crippen MR) is 93.5 cm³/mol. The molecule has 0 fully saturated rings. The summed E-state index contributed by atoms with van der Waals surface area (Å²) in [6.45, 7) is 8.88. The Kier molecular flexibility index (Phi) is 7.98. The van der Waals surface area contributed by atoms with Crippen LogP contribution in [-0.4, -0.2) is 50.6 Å². The molecule has 0 radical (unpaired) electrons. The number of ether oxygens (including phenoxy) is 1. The highest BCUT2D eigenvalue weighted by molar-refractivity contribution is 5.85. The lowest BCUT2D eigenvalue weighted by molar-refractivity contribution is 0.136. The summed E-state index contributed by atoms with van der Waals surface area (Å²) in [7, 11) is 0. The second kappa shape index (κ2) is 9.22. The zero-order chi connectivity index (χ0) is 14.7. The molecule has 3 heterocycles. The minimum absolute atomic E-state index is 0. The molecule has 2 aromatic heterocycles. The highest BCUT2D eigenvalue weighted by Crippen LogP contribution is 2.18. The SMILES string of the molecule is CCOCCn1nc(C)nc1-c1cn2c(n1)CCNCC2.Cl.Cl. The van der Waals surface area contributed by atoms with Crippen LogP contribution in [0, 0.1) is 6.92 Å². The molecule has 1 aliphatic rings. The van der Waals surface area contributed by atoms with Crippen LogP contribution in [0.15, 0.2) is 6.20 Å². The van der Waals surface area contributed by atoms with Crippen molar-refractivity contribution in [3.63, 3.8) is 0 Å². The van der Waals surface area contributed by atoms with Gasteiger partial charge in [-0.15, -0.1) is 24.8 Å². The second-order valence-corrected chi connectivity index (χ2v) is 5.14. The van der Waals surface area contributed by atoms with Crippen LogP contribution in [0.4, 0.5) is 0 Å². The summed E-state index contributed by atoms with van der Waals surface area (Å²) >= 11 is 0. The van der Waals surface area contributed by atoms with E-state index in [9.17, 15) is 0 Å². The van der Waals surface area contributed by atoms with Crippen LogP contribution in [0.1, 0.15) is 18.6 Å². The summed E-state index contributed by atoms with van der Waals surface area (Å²) in [4.78, 5) is 9.27. The Labute approximate surface area is 148 Å². The molecule has 0 bridgehead atoms. The number of rotatable bonds is 5. The molecule has 0 amide bonds. The fraction of sp³-hybridized carbons (Fsp3) is 0.643. The summed E-state index contributed by atoms with van der Waals surface area (Å²) in [6.07, 6.45) is 3.04. The van der Waals surface area contributed by atoms with E-state index in [0.29, 0.717) is 13.2 Å². The van der Waals surface area contributed by atoms with Gasteiger partial charge in [0.25, 0.3) is 0 Å². The second-order valence-electron chi connectivity index (χ2n) is 5.14. The smallest absolute Gasteiger partial charge is 0.178 e. The third-order valence-corrected chi connectivity index (χ3v) is 3.57. The van der Waals surface area contributed by atoms with Crippen molar-refractivity contribution in [3.05, 3.63) is 17.8 Å². The summed E-state index contributed by atoms with van der Waals surface area (Å²) < 4.78 is 9.52. The van der Waals surface area contributed by atoms with Crippen LogP contribution < -0.4 is 5.32 Å². The van der Waals surface area contributed by atoms with Crippen LogP contribution in [0.3, 0.4) is 0 Å². The van der Waals surface area contributed by atoms with Crippen LogP contribution >= 0.6 is 24.8 Å². The molecule has 2 aromatic rings. The fourth-order valence-electron chi connectivity index (χ4n) is 2.58. The molecule has 7 nitrogen and oxygen atoms in total. The lowest BCUT2D eigenvalue weighted by atomic mass is 10.4. The minimum Gasteiger partial charge on any atom is -0.380 e. The predicted octanol–water partition coefficient (Wildman–Crippen LogP) is 1.48. The highest BCUT2D eigenvalue weighted by Gasteiger charge is 2.17. The first-order chi connectivity index (χ1) is 10.3. The standard InChI is InChI=1S/C14H22N6O.2ClH/c1-3-21-9-8-20-14(16-11(2)18-20)12-10-19-7-6-15-5-4-13(19)17-12;;/h10,15H,3-9H2,1-2H3;2*1H. The lowest BCUT2D eigenvalue weighted by Crippen LogP contribution is -2.17. The molecule has 0 aromatic carbocycles. The number of aromatic nitrogens is 5. The van der Waals surface area contributed by atoms with Gasteiger partial charge >= 0.3 is 0 Å². The maximum absolute atomic E-state index is 5.41. The monoisotopic (exact) mass is 362 g/mol. The van der Waals surface area contributed by atoms with E-state index in [2.05, 4.69) is 26.2 Å². The van der Waals surface area contributed by atoms with Gasteiger partial charge < -0.3 is 14.6 Å². The van der Waals surface area contributed by atoms with E-state index >= 15 is 0 Å². The van der Waals surface area contributed by atoms with Gasteiger partial charge in [-0.3, -0.25) is 0 Å². The molecule has 0 atom stereocenters. The molecule has 0 saturated heterocycles. The summed E-state index contributed by atoms with van der Waals surface area (Å²) in [5.74, 6) is 2.72. The van der Waals surface area contributed by atoms with Crippen LogP contribution in [-0.2, 0) is 24.2 Å². The van der Waals surface area contributed by atoms with E-state index < -0.39 is 0 Å². The number of fused-ring (bicyclic) bond motifs is 1. The third kappa shape index (κ3) is 4.67. The lowest BCUT2D eigenvalue weighted by Gasteiger charge is -2.04. The van der Waals surface area contributed by atoms with Crippen molar-refractivity contribution in [2.24, 2.45) is 0 Å². The summed E-state index contributed by atoms with van der Waals surface area (Å²) in [5.41, 5.74) is 0.906. The van der Waals surface area contributed by atoms with Gasteiger partial charge in [-0.2, -0.15) is 5.10 Å². The van der Waals surface area contributed by atoms with Gasteiger partial charge in [0.05, 0.1) is 13.2 Å². The van der Waals surface area contributed by atoms with E-state index in [1.165, 1.54) is 0 Å². The molecule has 0 spiro atoms. The molecule has 23 heavy (non-hydrogen) atoms. The topological polar surface area (TPSA) is 69.8 Å². The average molecular weight is 363 g/mol.